The number of hydrogen-bond acceptors (Lipinski definition) is 3. The minimum absolute atomic E-state index is 0.115. The predicted octanol–water partition coefficient (Wildman–Crippen LogP) is 0.589. The quantitative estimate of drug-likeness (QED) is 0.512. The fourth-order valence-electron chi connectivity index (χ4n) is 1.34. The Bertz CT molecular complexity index is 155. The molecule has 0 saturated carbocycles. The summed E-state index contributed by atoms with van der Waals surface area (Å²) in [4.78, 5) is 10.9. The van der Waals surface area contributed by atoms with Crippen LogP contribution in [0.4, 0.5) is 0 Å². The molecule has 4 heteroatoms. The molecule has 4 nitrogen and oxygen atoms in total. The van der Waals surface area contributed by atoms with E-state index in [0.717, 1.165) is 0 Å². The Kier molecular flexibility index (Phi) is 5.66. The highest BCUT2D eigenvalue weighted by Gasteiger charge is 2.34. The SMILES string of the molecule is CCC(CN)(CCCCO)C(=O)O. The van der Waals surface area contributed by atoms with Crippen LogP contribution in [0.5, 0.6) is 0 Å². The van der Waals surface area contributed by atoms with E-state index in [1.54, 1.807) is 0 Å². The fraction of sp³-hybridized carbons (Fsp3) is 0.889. The van der Waals surface area contributed by atoms with Gasteiger partial charge in [-0.1, -0.05) is 6.92 Å². The lowest BCUT2D eigenvalue weighted by Gasteiger charge is -2.26. The molecule has 0 heterocycles. The van der Waals surface area contributed by atoms with Gasteiger partial charge in [-0.05, 0) is 25.7 Å². The molecule has 0 bridgehead atoms. The third-order valence-electron chi connectivity index (χ3n) is 2.58. The van der Waals surface area contributed by atoms with E-state index in [1.807, 2.05) is 6.92 Å². The number of carbonyl (C=O) groups is 1. The minimum atomic E-state index is -0.824. The van der Waals surface area contributed by atoms with Crippen LogP contribution in [0, 0.1) is 5.41 Å². The summed E-state index contributed by atoms with van der Waals surface area (Å²) in [6, 6.07) is 0. The zero-order valence-corrected chi connectivity index (χ0v) is 8.12. The molecule has 0 saturated heterocycles. The van der Waals surface area contributed by atoms with Crippen LogP contribution in [0.25, 0.3) is 0 Å². The van der Waals surface area contributed by atoms with E-state index in [0.29, 0.717) is 25.7 Å². The van der Waals surface area contributed by atoms with E-state index in [2.05, 4.69) is 0 Å². The Labute approximate surface area is 78.7 Å². The standard InChI is InChI=1S/C9H19NO3/c1-2-9(7-10,8(12)13)5-3-4-6-11/h11H,2-7,10H2,1H3,(H,12,13). The maximum atomic E-state index is 10.9. The van der Waals surface area contributed by atoms with Gasteiger partial charge >= 0.3 is 5.97 Å². The molecule has 78 valence electrons. The summed E-state index contributed by atoms with van der Waals surface area (Å²) in [5, 5.41) is 17.5. The van der Waals surface area contributed by atoms with Crippen molar-refractivity contribution in [2.75, 3.05) is 13.2 Å². The minimum Gasteiger partial charge on any atom is -0.481 e. The van der Waals surface area contributed by atoms with Gasteiger partial charge in [0.2, 0.25) is 0 Å². The second-order valence-electron chi connectivity index (χ2n) is 3.32. The Morgan fingerprint density at radius 3 is 2.38 bits per heavy atom. The number of rotatable bonds is 7. The molecular formula is C9H19NO3. The molecule has 1 unspecified atom stereocenters. The molecule has 4 N–H and O–H groups in total. The molecule has 0 aromatic rings. The Morgan fingerprint density at radius 1 is 1.46 bits per heavy atom. The summed E-state index contributed by atoms with van der Waals surface area (Å²) >= 11 is 0. The summed E-state index contributed by atoms with van der Waals surface area (Å²) in [5.41, 5.74) is 4.68. The van der Waals surface area contributed by atoms with Gasteiger partial charge in [-0.25, -0.2) is 0 Å². The van der Waals surface area contributed by atoms with Crippen LogP contribution >= 0.6 is 0 Å². The van der Waals surface area contributed by atoms with E-state index in [4.69, 9.17) is 15.9 Å². The van der Waals surface area contributed by atoms with Gasteiger partial charge in [-0.3, -0.25) is 4.79 Å². The molecule has 0 fully saturated rings. The largest absolute Gasteiger partial charge is 0.481 e. The van der Waals surface area contributed by atoms with E-state index in [-0.39, 0.29) is 13.2 Å². The number of nitrogens with two attached hydrogens (primary N) is 1. The third kappa shape index (κ3) is 3.32. The number of aliphatic hydroxyl groups excluding tert-OH is 1. The highest BCUT2D eigenvalue weighted by atomic mass is 16.4. The number of aliphatic hydroxyl groups is 1. The van der Waals surface area contributed by atoms with Gasteiger partial charge in [0.25, 0.3) is 0 Å². The Morgan fingerprint density at radius 2 is 2.08 bits per heavy atom. The molecule has 1 atom stereocenters. The maximum Gasteiger partial charge on any atom is 0.310 e. The molecule has 0 spiro atoms. The summed E-state index contributed by atoms with van der Waals surface area (Å²) in [5.74, 6) is -0.824. The summed E-state index contributed by atoms with van der Waals surface area (Å²) in [6.07, 6.45) is 2.46. The van der Waals surface area contributed by atoms with Crippen molar-refractivity contribution in [3.63, 3.8) is 0 Å². The molecule has 0 rings (SSSR count). The van der Waals surface area contributed by atoms with Crippen LogP contribution in [0.15, 0.2) is 0 Å². The maximum absolute atomic E-state index is 10.9. The lowest BCUT2D eigenvalue weighted by Crippen LogP contribution is -2.38. The number of hydrogen-bond donors (Lipinski definition) is 3. The van der Waals surface area contributed by atoms with Crippen molar-refractivity contribution < 1.29 is 15.0 Å². The second kappa shape index (κ2) is 5.94. The Balaban J connectivity index is 4.14. The van der Waals surface area contributed by atoms with Crippen molar-refractivity contribution in [2.45, 2.75) is 32.6 Å². The first-order valence-electron chi connectivity index (χ1n) is 4.67. The zero-order valence-electron chi connectivity index (χ0n) is 8.12. The van der Waals surface area contributed by atoms with Crippen LogP contribution in [-0.2, 0) is 4.79 Å². The lowest BCUT2D eigenvalue weighted by molar-refractivity contribution is -0.149. The molecule has 0 aromatic carbocycles. The van der Waals surface area contributed by atoms with Gasteiger partial charge in [0.05, 0.1) is 5.41 Å². The van der Waals surface area contributed by atoms with Crippen LogP contribution in [0.3, 0.4) is 0 Å². The van der Waals surface area contributed by atoms with Crippen LogP contribution in [0.2, 0.25) is 0 Å². The number of carboxylic acids is 1. The lowest BCUT2D eigenvalue weighted by atomic mass is 9.80. The highest BCUT2D eigenvalue weighted by molar-refractivity contribution is 5.74. The fourth-order valence-corrected chi connectivity index (χ4v) is 1.34. The van der Waals surface area contributed by atoms with Crippen molar-refractivity contribution in [1.29, 1.82) is 0 Å². The summed E-state index contributed by atoms with van der Waals surface area (Å²) in [7, 11) is 0. The first-order valence-corrected chi connectivity index (χ1v) is 4.67. The first-order chi connectivity index (χ1) is 6.13. The summed E-state index contributed by atoms with van der Waals surface area (Å²) in [6.45, 7) is 2.12. The van der Waals surface area contributed by atoms with Gasteiger partial charge in [-0.15, -0.1) is 0 Å². The van der Waals surface area contributed by atoms with E-state index in [1.165, 1.54) is 0 Å². The van der Waals surface area contributed by atoms with Gasteiger partial charge in [0.15, 0.2) is 0 Å². The smallest absolute Gasteiger partial charge is 0.310 e. The molecule has 13 heavy (non-hydrogen) atoms. The summed E-state index contributed by atoms with van der Waals surface area (Å²) < 4.78 is 0. The molecule has 0 aliphatic rings. The number of aliphatic carboxylic acids is 1. The van der Waals surface area contributed by atoms with Gasteiger partial charge in [0.1, 0.15) is 0 Å². The normalized spacial score (nSPS) is 15.3. The van der Waals surface area contributed by atoms with Gasteiger partial charge < -0.3 is 15.9 Å². The van der Waals surface area contributed by atoms with Crippen LogP contribution in [-0.4, -0.2) is 29.3 Å². The molecule has 0 aromatic heterocycles. The topological polar surface area (TPSA) is 83.5 Å². The molecule has 0 aliphatic heterocycles. The molecule has 0 amide bonds. The van der Waals surface area contributed by atoms with E-state index in [9.17, 15) is 4.79 Å². The number of unbranched alkanes of at least 4 members (excludes halogenated alkanes) is 1. The predicted molar refractivity (Wildman–Crippen MR) is 50.4 cm³/mol. The molecule has 0 radical (unpaired) electrons. The van der Waals surface area contributed by atoms with E-state index >= 15 is 0 Å². The first kappa shape index (κ1) is 12.4. The molecule has 0 aliphatic carbocycles. The third-order valence-corrected chi connectivity index (χ3v) is 2.58. The van der Waals surface area contributed by atoms with Gasteiger partial charge in [0, 0.05) is 13.2 Å². The monoisotopic (exact) mass is 189 g/mol. The van der Waals surface area contributed by atoms with Crippen molar-refractivity contribution in [3.8, 4) is 0 Å². The molecular weight excluding hydrogens is 170 g/mol. The van der Waals surface area contributed by atoms with Crippen molar-refractivity contribution in [1.82, 2.24) is 0 Å². The Hall–Kier alpha value is -0.610. The van der Waals surface area contributed by atoms with Crippen molar-refractivity contribution >= 4 is 5.97 Å². The van der Waals surface area contributed by atoms with Gasteiger partial charge in [-0.2, -0.15) is 0 Å². The van der Waals surface area contributed by atoms with Crippen molar-refractivity contribution in [2.24, 2.45) is 11.1 Å². The average molecular weight is 189 g/mol. The van der Waals surface area contributed by atoms with E-state index < -0.39 is 11.4 Å². The highest BCUT2D eigenvalue weighted by Crippen LogP contribution is 2.27. The van der Waals surface area contributed by atoms with Crippen molar-refractivity contribution in [3.05, 3.63) is 0 Å². The average Bonchev–Trinajstić information content (AvgIpc) is 2.13. The second-order valence-corrected chi connectivity index (χ2v) is 3.32. The number of carboxylic acid groups (broad SMARTS) is 1. The van der Waals surface area contributed by atoms with Crippen LogP contribution < -0.4 is 5.73 Å². The van der Waals surface area contributed by atoms with Crippen LogP contribution in [0.1, 0.15) is 32.6 Å². The zero-order chi connectivity index (χ0) is 10.3.